The molecule has 4 aliphatic rings. The van der Waals surface area contributed by atoms with Crippen LogP contribution >= 0.6 is 0 Å². The molecule has 2 aromatic heterocycles. The van der Waals surface area contributed by atoms with Crippen molar-refractivity contribution in [2.24, 2.45) is 11.8 Å². The number of nitrogens with one attached hydrogen (secondary N) is 4. The minimum atomic E-state index is -1.27. The van der Waals surface area contributed by atoms with Crippen LogP contribution in [-0.2, 0) is 28.5 Å². The van der Waals surface area contributed by atoms with Crippen molar-refractivity contribution < 1.29 is 48.3 Å². The highest BCUT2D eigenvalue weighted by Crippen LogP contribution is 2.44. The topological polar surface area (TPSA) is 234 Å². The van der Waals surface area contributed by atoms with E-state index in [4.69, 9.17) is 28.9 Å². The zero-order valence-corrected chi connectivity index (χ0v) is 36.3. The first-order chi connectivity index (χ1) is 30.7. The minimum Gasteiger partial charge on any atom is -0.465 e. The molecule has 3 aromatic carbocycles. The zero-order valence-electron chi connectivity index (χ0n) is 36.3. The van der Waals surface area contributed by atoms with Crippen LogP contribution in [0.2, 0.25) is 0 Å². The number of benzene rings is 3. The van der Waals surface area contributed by atoms with E-state index in [0.717, 1.165) is 57.2 Å². The van der Waals surface area contributed by atoms with E-state index in [1.165, 1.54) is 0 Å². The molecule has 64 heavy (non-hydrogen) atoms. The van der Waals surface area contributed by atoms with Crippen LogP contribution in [0.4, 0.5) is 9.59 Å². The van der Waals surface area contributed by atoms with Gasteiger partial charge in [-0.3, -0.25) is 9.59 Å². The summed E-state index contributed by atoms with van der Waals surface area (Å²) in [6.45, 7) is 9.54. The van der Waals surface area contributed by atoms with Gasteiger partial charge in [0.1, 0.15) is 23.7 Å². The van der Waals surface area contributed by atoms with Gasteiger partial charge in [-0.15, -0.1) is 0 Å². The lowest BCUT2D eigenvalue weighted by molar-refractivity contribution is -0.258. The molecule has 2 spiro atoms. The lowest BCUT2D eigenvalue weighted by Gasteiger charge is -2.34. The number of aromatic amines is 2. The molecule has 18 heteroatoms. The summed E-state index contributed by atoms with van der Waals surface area (Å²) < 4.78 is 24.5. The molecule has 9 rings (SSSR count). The Labute approximate surface area is 369 Å². The van der Waals surface area contributed by atoms with E-state index >= 15 is 0 Å². The highest BCUT2D eigenvalue weighted by molar-refractivity contribution is 5.88. The molecule has 338 valence electrons. The van der Waals surface area contributed by atoms with E-state index in [9.17, 15) is 29.4 Å². The molecular weight excluding hydrogens is 825 g/mol. The van der Waals surface area contributed by atoms with Gasteiger partial charge in [0.25, 0.3) is 0 Å². The summed E-state index contributed by atoms with van der Waals surface area (Å²) in [6, 6.07) is 17.2. The molecule has 0 radical (unpaired) electrons. The fourth-order valence-electron chi connectivity index (χ4n) is 9.52. The average Bonchev–Trinajstić information content (AvgIpc) is 4.07. The largest absolute Gasteiger partial charge is 0.465 e. The van der Waals surface area contributed by atoms with Gasteiger partial charge in [0.05, 0.1) is 73.7 Å². The highest BCUT2D eigenvalue weighted by Gasteiger charge is 2.53. The van der Waals surface area contributed by atoms with Gasteiger partial charge in [0.2, 0.25) is 11.8 Å². The number of ether oxygens (including phenoxy) is 4. The van der Waals surface area contributed by atoms with Crippen LogP contribution in [0.15, 0.2) is 60.7 Å². The van der Waals surface area contributed by atoms with Gasteiger partial charge in [-0.25, -0.2) is 19.6 Å². The lowest BCUT2D eigenvalue weighted by atomic mass is 10.00. The van der Waals surface area contributed by atoms with E-state index < -0.39 is 47.9 Å². The van der Waals surface area contributed by atoms with Crippen LogP contribution in [0.1, 0.15) is 77.1 Å². The third-order valence-corrected chi connectivity index (χ3v) is 12.8. The van der Waals surface area contributed by atoms with Gasteiger partial charge in [-0.1, -0.05) is 64.1 Å². The summed E-state index contributed by atoms with van der Waals surface area (Å²) in [5, 5.41) is 23.9. The van der Waals surface area contributed by atoms with E-state index in [-0.39, 0.29) is 36.7 Å². The van der Waals surface area contributed by atoms with Gasteiger partial charge >= 0.3 is 12.2 Å². The number of carbonyl (C=O) groups excluding carboxylic acids is 2. The second-order valence-electron chi connectivity index (χ2n) is 17.9. The predicted octanol–water partition coefficient (Wildman–Crippen LogP) is 6.17. The molecule has 18 nitrogen and oxygen atoms in total. The number of amides is 4. The van der Waals surface area contributed by atoms with Crippen LogP contribution < -0.4 is 10.6 Å². The Kier molecular flexibility index (Phi) is 11.6. The van der Waals surface area contributed by atoms with Crippen LogP contribution in [0.25, 0.3) is 44.3 Å². The van der Waals surface area contributed by atoms with Gasteiger partial charge in [-0.2, -0.15) is 0 Å². The molecule has 5 aromatic rings. The summed E-state index contributed by atoms with van der Waals surface area (Å²) in [7, 11) is 0. The molecule has 0 saturated carbocycles. The van der Waals surface area contributed by atoms with Gasteiger partial charge in [0, 0.05) is 12.8 Å². The van der Waals surface area contributed by atoms with Gasteiger partial charge in [0.15, 0.2) is 11.6 Å². The molecule has 0 unspecified atom stereocenters. The zero-order chi connectivity index (χ0) is 44.9. The Morgan fingerprint density at radius 3 is 1.31 bits per heavy atom. The number of aromatic nitrogens is 4. The van der Waals surface area contributed by atoms with Crippen molar-refractivity contribution >= 4 is 46.1 Å². The van der Waals surface area contributed by atoms with Crippen LogP contribution in [0.3, 0.4) is 0 Å². The molecule has 4 atom stereocenters. The maximum Gasteiger partial charge on any atom is 0.405 e. The predicted molar refractivity (Wildman–Crippen MR) is 233 cm³/mol. The van der Waals surface area contributed by atoms with Gasteiger partial charge < -0.3 is 59.6 Å². The number of carbonyl (C=O) groups is 4. The maximum absolute atomic E-state index is 14.0. The number of nitrogens with zero attached hydrogens (tertiary/aromatic N) is 4. The van der Waals surface area contributed by atoms with Crippen molar-refractivity contribution in [3.63, 3.8) is 0 Å². The number of likely N-dealkylation sites (tertiary alicyclic amines) is 2. The number of rotatable bonds is 10. The highest BCUT2D eigenvalue weighted by atomic mass is 16.7. The van der Waals surface area contributed by atoms with E-state index in [1.54, 1.807) is 37.5 Å². The first-order valence-electron chi connectivity index (χ1n) is 22.0. The molecule has 0 bridgehead atoms. The number of imidazole rings is 2. The molecule has 4 aliphatic heterocycles. The smallest absolute Gasteiger partial charge is 0.405 e. The third-order valence-electron chi connectivity index (χ3n) is 12.8. The van der Waals surface area contributed by atoms with E-state index in [2.05, 4.69) is 44.9 Å². The monoisotopic (exact) mass is 878 g/mol. The Morgan fingerprint density at radius 2 is 0.969 bits per heavy atom. The second-order valence-corrected chi connectivity index (χ2v) is 17.9. The van der Waals surface area contributed by atoms with Crippen LogP contribution in [-0.4, -0.2) is 127 Å². The molecule has 4 saturated heterocycles. The minimum absolute atomic E-state index is 0.155. The molecule has 4 amide bonds. The number of fused-ring (bicyclic) bond motifs is 2. The standard InChI is InChI=1S/C46H54N8O10/c1-25(2)37(51-43(57)58)41(55)53-23-45(61-15-5-16-62-45)21-35(53)39-47-31-13-11-29(19-33(31)49-39)27-7-9-28(10-8-27)30-12-14-32-34(20-30)50-40(48-32)36-22-46(63-17-6-18-64-46)24-54(36)42(56)38(26(3)4)52-44(59)60/h7-14,19-20,25-26,35-38,51-52H,5-6,15-18,21-24H2,1-4H3,(H,47,49)(H,48,50)(H,57,58)(H,59,60)/t35-,36-,37-,38-/m0/s1. The molecular formula is C46H54N8O10. The van der Waals surface area contributed by atoms with Crippen LogP contribution in [0, 0.1) is 11.8 Å². The summed E-state index contributed by atoms with van der Waals surface area (Å²) in [4.78, 5) is 71.3. The first-order valence-corrected chi connectivity index (χ1v) is 22.0. The summed E-state index contributed by atoms with van der Waals surface area (Å²) in [5.41, 5.74) is 6.90. The van der Waals surface area contributed by atoms with Crippen molar-refractivity contribution in [3.05, 3.63) is 72.3 Å². The van der Waals surface area contributed by atoms with Crippen molar-refractivity contribution in [3.8, 4) is 22.3 Å². The normalized spacial score (nSPS) is 21.6. The summed E-state index contributed by atoms with van der Waals surface area (Å²) >= 11 is 0. The van der Waals surface area contributed by atoms with Crippen molar-refractivity contribution in [1.82, 2.24) is 40.4 Å². The molecule has 6 heterocycles. The Balaban J connectivity index is 0.952. The Bertz CT molecular complexity index is 2380. The molecule has 6 N–H and O–H groups in total. The van der Waals surface area contributed by atoms with Gasteiger partial charge in [-0.05, 0) is 71.2 Å². The molecule has 4 fully saturated rings. The SMILES string of the molecule is CC(C)[C@H](NC(=O)O)C(=O)N1CC2(C[C@H]1c1nc3ccc(-c4ccc(-c5ccc6nc([C@@H]7CC8(CN7C(=O)[C@@H](NC(=O)O)C(C)C)OCCCO8)[nH]c6c5)cc4)cc3[nH]1)OCCCO2. The molecule has 0 aliphatic carbocycles. The van der Waals surface area contributed by atoms with Crippen LogP contribution in [0.5, 0.6) is 0 Å². The number of H-pyrrole nitrogens is 2. The third kappa shape index (κ3) is 8.37. The first kappa shape index (κ1) is 43.2. The fraction of sp³-hybridized carbons (Fsp3) is 0.478. The quantitative estimate of drug-likeness (QED) is 0.0925. The fourth-order valence-corrected chi connectivity index (χ4v) is 9.52. The van der Waals surface area contributed by atoms with Crippen molar-refractivity contribution in [2.45, 2.75) is 89.1 Å². The summed E-state index contributed by atoms with van der Waals surface area (Å²) in [5.74, 6) is -2.16. The maximum atomic E-state index is 14.0. The number of carboxylic acid groups (broad SMARTS) is 2. The van der Waals surface area contributed by atoms with E-state index in [0.29, 0.717) is 50.9 Å². The number of hydrogen-bond donors (Lipinski definition) is 6. The average molecular weight is 879 g/mol. The second kappa shape index (κ2) is 17.1. The van der Waals surface area contributed by atoms with E-state index in [1.807, 2.05) is 36.4 Å². The lowest BCUT2D eigenvalue weighted by Crippen LogP contribution is -2.52. The van der Waals surface area contributed by atoms with Crippen molar-refractivity contribution in [1.29, 1.82) is 0 Å². The summed E-state index contributed by atoms with van der Waals surface area (Å²) in [6.07, 6.45) is -0.333. The Morgan fingerprint density at radius 1 is 0.609 bits per heavy atom. The van der Waals surface area contributed by atoms with Crippen molar-refractivity contribution in [2.75, 3.05) is 39.5 Å². The Hall–Kier alpha value is -6.08. The number of hydrogen-bond acceptors (Lipinski definition) is 10.